The third kappa shape index (κ3) is 4.06. The topological polar surface area (TPSA) is 24.1 Å². The van der Waals surface area contributed by atoms with Crippen LogP contribution in [-0.4, -0.2) is 0 Å². The van der Waals surface area contributed by atoms with Crippen LogP contribution in [0.3, 0.4) is 0 Å². The normalized spacial score (nSPS) is 15.9. The first-order valence-corrected chi connectivity index (χ1v) is 19.7. The first-order chi connectivity index (χ1) is 27.5. The predicted molar refractivity (Wildman–Crippen MR) is 232 cm³/mol. The second kappa shape index (κ2) is 11.3. The second-order valence-corrected chi connectivity index (χ2v) is 16.2. The summed E-state index contributed by atoms with van der Waals surface area (Å²) < 4.78 is 0. The zero-order valence-corrected chi connectivity index (χ0v) is 31.3. The Balaban J connectivity index is 1.06. The molecule has 0 amide bonds. The van der Waals surface area contributed by atoms with Crippen LogP contribution in [0.25, 0.3) is 61.1 Å². The van der Waals surface area contributed by atoms with Crippen molar-refractivity contribution < 1.29 is 0 Å². The van der Waals surface area contributed by atoms with E-state index < -0.39 is 5.41 Å². The van der Waals surface area contributed by atoms with Crippen LogP contribution in [0.2, 0.25) is 0 Å². The molecule has 0 fully saturated rings. The lowest BCUT2D eigenvalue weighted by atomic mass is 9.55. The Morgan fingerprint density at radius 3 is 1.68 bits per heavy atom. The Morgan fingerprint density at radius 2 is 0.946 bits per heavy atom. The van der Waals surface area contributed by atoms with Crippen molar-refractivity contribution in [1.82, 2.24) is 10.9 Å². The Hall–Kier alpha value is -6.90. The van der Waals surface area contributed by atoms with Gasteiger partial charge in [-0.1, -0.05) is 178 Å². The molecule has 4 aliphatic rings. The van der Waals surface area contributed by atoms with E-state index in [9.17, 15) is 0 Å². The van der Waals surface area contributed by atoms with Crippen LogP contribution < -0.4 is 10.9 Å². The van der Waals surface area contributed by atoms with Crippen LogP contribution in [0, 0.1) is 0 Å². The molecule has 0 atom stereocenters. The van der Waals surface area contributed by atoms with Gasteiger partial charge in [0, 0.05) is 16.6 Å². The average molecular weight is 715 g/mol. The van der Waals surface area contributed by atoms with Gasteiger partial charge in [0.15, 0.2) is 0 Å². The number of allylic oxidation sites excluding steroid dienone is 2. The van der Waals surface area contributed by atoms with E-state index >= 15 is 0 Å². The molecule has 0 aromatic heterocycles. The minimum atomic E-state index is -0.443. The van der Waals surface area contributed by atoms with Gasteiger partial charge in [0.2, 0.25) is 0 Å². The lowest BCUT2D eigenvalue weighted by Crippen LogP contribution is -2.40. The summed E-state index contributed by atoms with van der Waals surface area (Å²) in [5, 5.41) is 2.63. The Bertz CT molecular complexity index is 3000. The molecule has 8 aromatic rings. The van der Waals surface area contributed by atoms with Crippen molar-refractivity contribution in [2.24, 2.45) is 0 Å². The van der Waals surface area contributed by atoms with Crippen LogP contribution in [0.1, 0.15) is 63.9 Å². The fourth-order valence-corrected chi connectivity index (χ4v) is 10.7. The molecule has 2 N–H and O–H groups in total. The molecule has 0 saturated heterocycles. The minimum absolute atomic E-state index is 0.135. The standard InChI is InChI=1S/C54H38N2/c1-53(2)45-22-8-10-24-47(45)54(48-25-11-9-23-46(48)53)44-21-7-6-18-38(44)39-29-26-35(31-49(39)54)50-32-42(33-14-4-3-5-15-33)52(56-55-50)36-27-28-37-40-19-12-16-34-17-13-20-41(51(34)40)43(37)30-36/h3-32,55-56H,1-2H3. The van der Waals surface area contributed by atoms with Crippen LogP contribution in [0.4, 0.5) is 0 Å². The largest absolute Gasteiger partial charge is 0.300 e. The lowest BCUT2D eigenvalue weighted by Gasteiger charge is -2.46. The van der Waals surface area contributed by atoms with Gasteiger partial charge in [-0.2, -0.15) is 0 Å². The molecule has 0 saturated carbocycles. The molecule has 1 heterocycles. The Labute approximate surface area is 327 Å². The molecule has 3 aliphatic carbocycles. The number of nitrogens with one attached hydrogen (secondary N) is 2. The molecular weight excluding hydrogens is 677 g/mol. The molecule has 56 heavy (non-hydrogen) atoms. The predicted octanol–water partition coefficient (Wildman–Crippen LogP) is 12.5. The van der Waals surface area contributed by atoms with E-state index in [1.165, 1.54) is 83.1 Å². The summed E-state index contributed by atoms with van der Waals surface area (Å²) >= 11 is 0. The van der Waals surface area contributed by atoms with Crippen LogP contribution in [0.5, 0.6) is 0 Å². The molecule has 0 radical (unpaired) electrons. The molecule has 264 valence electrons. The number of hydrazine groups is 1. The van der Waals surface area contributed by atoms with Crippen LogP contribution in [0.15, 0.2) is 182 Å². The molecule has 0 bridgehead atoms. The average Bonchev–Trinajstić information content (AvgIpc) is 3.74. The highest BCUT2D eigenvalue weighted by atomic mass is 15.4. The monoisotopic (exact) mass is 714 g/mol. The lowest BCUT2D eigenvalue weighted by molar-refractivity contribution is 0.563. The number of fused-ring (bicyclic) bond motifs is 12. The summed E-state index contributed by atoms with van der Waals surface area (Å²) in [6.07, 6.45) is 2.34. The van der Waals surface area contributed by atoms with Gasteiger partial charge >= 0.3 is 0 Å². The number of hydrogen-bond acceptors (Lipinski definition) is 2. The van der Waals surface area contributed by atoms with E-state index in [0.29, 0.717) is 0 Å². The van der Waals surface area contributed by atoms with Gasteiger partial charge in [-0.15, -0.1) is 0 Å². The van der Waals surface area contributed by atoms with E-state index in [-0.39, 0.29) is 5.41 Å². The molecule has 2 heteroatoms. The van der Waals surface area contributed by atoms with Crippen molar-refractivity contribution in [3.8, 4) is 33.4 Å². The molecule has 8 aromatic carbocycles. The summed E-state index contributed by atoms with van der Waals surface area (Å²) in [5.74, 6) is 0. The maximum absolute atomic E-state index is 3.73. The van der Waals surface area contributed by atoms with E-state index in [1.54, 1.807) is 0 Å². The first kappa shape index (κ1) is 31.5. The van der Waals surface area contributed by atoms with Gasteiger partial charge in [0.25, 0.3) is 0 Å². The number of hydrogen-bond donors (Lipinski definition) is 2. The van der Waals surface area contributed by atoms with Gasteiger partial charge in [0.05, 0.1) is 16.8 Å². The van der Waals surface area contributed by atoms with E-state index in [2.05, 4.69) is 207 Å². The van der Waals surface area contributed by atoms with E-state index in [4.69, 9.17) is 0 Å². The van der Waals surface area contributed by atoms with Crippen molar-refractivity contribution in [3.63, 3.8) is 0 Å². The molecule has 2 nitrogen and oxygen atoms in total. The third-order valence-corrected chi connectivity index (χ3v) is 13.1. The maximum Gasteiger partial charge on any atom is 0.0719 e. The smallest absolute Gasteiger partial charge is 0.0719 e. The summed E-state index contributed by atoms with van der Waals surface area (Å²) in [7, 11) is 0. The Kier molecular flexibility index (Phi) is 6.36. The zero-order chi connectivity index (χ0) is 37.2. The number of benzene rings is 8. The summed E-state index contributed by atoms with van der Waals surface area (Å²) in [6.45, 7) is 4.76. The van der Waals surface area contributed by atoms with Crippen molar-refractivity contribution in [2.75, 3.05) is 0 Å². The van der Waals surface area contributed by atoms with Crippen molar-refractivity contribution in [2.45, 2.75) is 24.7 Å². The minimum Gasteiger partial charge on any atom is -0.300 e. The van der Waals surface area contributed by atoms with Crippen LogP contribution in [-0.2, 0) is 10.8 Å². The van der Waals surface area contributed by atoms with E-state index in [1.807, 2.05) is 0 Å². The zero-order valence-electron chi connectivity index (χ0n) is 31.3. The van der Waals surface area contributed by atoms with Crippen molar-refractivity contribution in [3.05, 3.63) is 232 Å². The van der Waals surface area contributed by atoms with Crippen molar-refractivity contribution in [1.29, 1.82) is 0 Å². The fraction of sp³-hybridized carbons (Fsp3) is 0.0741. The van der Waals surface area contributed by atoms with Gasteiger partial charge in [-0.05, 0) is 107 Å². The summed E-state index contributed by atoms with van der Waals surface area (Å²) in [6, 6.07) is 65.5. The maximum atomic E-state index is 3.73. The highest BCUT2D eigenvalue weighted by molar-refractivity contribution is 6.16. The Morgan fingerprint density at radius 1 is 0.375 bits per heavy atom. The van der Waals surface area contributed by atoms with Crippen LogP contribution >= 0.6 is 0 Å². The molecule has 0 unspecified atom stereocenters. The summed E-state index contributed by atoms with van der Waals surface area (Å²) in [4.78, 5) is 0. The van der Waals surface area contributed by atoms with Gasteiger partial charge in [-0.3, -0.25) is 5.43 Å². The van der Waals surface area contributed by atoms with E-state index in [0.717, 1.165) is 28.1 Å². The highest BCUT2D eigenvalue weighted by Crippen LogP contribution is 2.62. The van der Waals surface area contributed by atoms with Gasteiger partial charge in [-0.25, -0.2) is 0 Å². The molecule has 1 spiro atoms. The highest BCUT2D eigenvalue weighted by Gasteiger charge is 2.53. The fourth-order valence-electron chi connectivity index (χ4n) is 10.7. The van der Waals surface area contributed by atoms with Gasteiger partial charge in [0.1, 0.15) is 0 Å². The van der Waals surface area contributed by atoms with Crippen molar-refractivity contribution >= 4 is 27.7 Å². The summed E-state index contributed by atoms with van der Waals surface area (Å²) in [5.41, 5.74) is 29.6. The second-order valence-electron chi connectivity index (χ2n) is 16.2. The molecule has 1 aliphatic heterocycles. The third-order valence-electron chi connectivity index (χ3n) is 13.1. The SMILES string of the molecule is CC1(C)c2ccccc2C2(c3ccccc3-c3ccc(C4=CC(c5ccccc5)=C(c5ccc6c(c5)-c5cccc7cccc-6c57)NN4)cc32)c2ccccc21. The number of rotatable bonds is 3. The molecule has 12 rings (SSSR count). The first-order valence-electron chi connectivity index (χ1n) is 19.7. The molecular formula is C54H38N2. The van der Waals surface area contributed by atoms with Gasteiger partial charge < -0.3 is 5.43 Å². The quantitative estimate of drug-likeness (QED) is 0.190.